The smallest absolute Gasteiger partial charge is 0.230 e. The predicted octanol–water partition coefficient (Wildman–Crippen LogP) is 1.54. The van der Waals surface area contributed by atoms with Gasteiger partial charge in [-0.3, -0.25) is 14.3 Å². The van der Waals surface area contributed by atoms with Crippen LogP contribution in [0, 0.1) is 12.8 Å². The summed E-state index contributed by atoms with van der Waals surface area (Å²) in [4.78, 5) is 32.1. The highest BCUT2D eigenvalue weighted by molar-refractivity contribution is 5.95. The van der Waals surface area contributed by atoms with Gasteiger partial charge in [0.1, 0.15) is 11.9 Å². The molecule has 0 aromatic carbocycles. The van der Waals surface area contributed by atoms with Crippen molar-refractivity contribution in [3.63, 3.8) is 0 Å². The number of carbonyl (C=O) groups excluding carboxylic acids is 2. The summed E-state index contributed by atoms with van der Waals surface area (Å²) in [6.45, 7) is 1.92. The average Bonchev–Trinajstić information content (AvgIpc) is 3.29. The number of amides is 2. The van der Waals surface area contributed by atoms with E-state index in [1.54, 1.807) is 17.1 Å². The summed E-state index contributed by atoms with van der Waals surface area (Å²) in [6.07, 6.45) is 8.19. The van der Waals surface area contributed by atoms with Gasteiger partial charge in [0.2, 0.25) is 11.8 Å². The first-order chi connectivity index (χ1) is 12.5. The van der Waals surface area contributed by atoms with E-state index < -0.39 is 0 Å². The lowest BCUT2D eigenvalue weighted by molar-refractivity contribution is -0.143. The molecule has 1 N–H and O–H groups in total. The third kappa shape index (κ3) is 2.79. The van der Waals surface area contributed by atoms with E-state index in [2.05, 4.69) is 15.4 Å². The van der Waals surface area contributed by atoms with Gasteiger partial charge in [0, 0.05) is 39.0 Å². The molecule has 0 spiro atoms. The van der Waals surface area contributed by atoms with E-state index in [9.17, 15) is 9.59 Å². The van der Waals surface area contributed by atoms with Crippen LogP contribution in [-0.2, 0) is 23.7 Å². The zero-order valence-corrected chi connectivity index (χ0v) is 15.3. The Balaban J connectivity index is 1.66. The molecule has 8 nitrogen and oxygen atoms in total. The molecule has 2 aromatic heterocycles. The third-order valence-electron chi connectivity index (χ3n) is 5.53. The standard InChI is InChI=1S/C18H24N6O2/c1-11-14(10-20-23(11)3)21-18(26)13-6-7-15(25)24(12-4-5-12)16(13)17-19-8-9-22(17)2/h8-10,12-13,16H,4-7H2,1-3H3,(H,21,26)/t13-,16-/m0/s1. The normalized spacial score (nSPS) is 23.3. The maximum atomic E-state index is 13.1. The van der Waals surface area contributed by atoms with Crippen LogP contribution < -0.4 is 5.32 Å². The average molecular weight is 356 g/mol. The van der Waals surface area contributed by atoms with Gasteiger partial charge in [0.25, 0.3) is 0 Å². The Hall–Kier alpha value is -2.64. The Kier molecular flexibility index (Phi) is 4.05. The number of carbonyl (C=O) groups is 2. The van der Waals surface area contributed by atoms with Crippen molar-refractivity contribution in [3.05, 3.63) is 30.1 Å². The SMILES string of the molecule is Cc1c(NC(=O)[C@H]2CCC(=O)N(C3CC3)[C@@H]2c2nccn2C)cnn1C. The molecule has 138 valence electrons. The van der Waals surface area contributed by atoms with Gasteiger partial charge < -0.3 is 14.8 Å². The van der Waals surface area contributed by atoms with Crippen molar-refractivity contribution in [1.82, 2.24) is 24.2 Å². The van der Waals surface area contributed by atoms with Crippen LogP contribution in [0.15, 0.2) is 18.6 Å². The second kappa shape index (κ2) is 6.26. The molecule has 26 heavy (non-hydrogen) atoms. The highest BCUT2D eigenvalue weighted by Crippen LogP contribution is 2.43. The van der Waals surface area contributed by atoms with Crippen LogP contribution in [0.1, 0.15) is 43.2 Å². The van der Waals surface area contributed by atoms with Crippen LogP contribution in [0.25, 0.3) is 0 Å². The van der Waals surface area contributed by atoms with Crippen LogP contribution in [0.2, 0.25) is 0 Å². The summed E-state index contributed by atoms with van der Waals surface area (Å²) in [6, 6.07) is -0.0827. The zero-order chi connectivity index (χ0) is 18.4. The fourth-order valence-electron chi connectivity index (χ4n) is 3.79. The molecule has 2 fully saturated rings. The van der Waals surface area contributed by atoms with Crippen LogP contribution in [0.5, 0.6) is 0 Å². The molecule has 0 radical (unpaired) electrons. The zero-order valence-electron chi connectivity index (χ0n) is 15.3. The fraction of sp³-hybridized carbons (Fsp3) is 0.556. The minimum atomic E-state index is -0.325. The Morgan fingerprint density at radius 3 is 2.62 bits per heavy atom. The summed E-state index contributed by atoms with van der Waals surface area (Å²) < 4.78 is 3.64. The lowest BCUT2D eigenvalue weighted by atomic mass is 9.86. The number of likely N-dealkylation sites (tertiary alicyclic amines) is 1. The van der Waals surface area contributed by atoms with E-state index in [-0.39, 0.29) is 29.8 Å². The van der Waals surface area contributed by atoms with E-state index in [0.29, 0.717) is 18.5 Å². The van der Waals surface area contributed by atoms with Crippen molar-refractivity contribution in [3.8, 4) is 0 Å². The van der Waals surface area contributed by atoms with Gasteiger partial charge in [-0.2, -0.15) is 5.10 Å². The molecule has 0 unspecified atom stereocenters. The Labute approximate surface area is 152 Å². The second-order valence-corrected chi connectivity index (χ2v) is 7.28. The first-order valence-corrected chi connectivity index (χ1v) is 9.05. The summed E-state index contributed by atoms with van der Waals surface area (Å²) in [5, 5.41) is 7.19. The molecule has 1 saturated heterocycles. The van der Waals surface area contributed by atoms with E-state index in [1.165, 1.54) is 0 Å². The quantitative estimate of drug-likeness (QED) is 0.901. The summed E-state index contributed by atoms with van der Waals surface area (Å²) >= 11 is 0. The van der Waals surface area contributed by atoms with E-state index >= 15 is 0 Å². The first kappa shape index (κ1) is 16.8. The van der Waals surface area contributed by atoms with Crippen molar-refractivity contribution in [2.45, 2.75) is 44.7 Å². The van der Waals surface area contributed by atoms with E-state index in [4.69, 9.17) is 0 Å². The lowest BCUT2D eigenvalue weighted by Gasteiger charge is -2.40. The molecule has 4 rings (SSSR count). The van der Waals surface area contributed by atoms with Crippen LogP contribution in [0.3, 0.4) is 0 Å². The van der Waals surface area contributed by atoms with Crippen LogP contribution >= 0.6 is 0 Å². The van der Waals surface area contributed by atoms with Crippen molar-refractivity contribution in [1.29, 1.82) is 0 Å². The molecule has 1 aliphatic heterocycles. The van der Waals surface area contributed by atoms with Crippen LogP contribution in [0.4, 0.5) is 5.69 Å². The molecule has 2 atom stereocenters. The molecular formula is C18H24N6O2. The predicted molar refractivity (Wildman–Crippen MR) is 95.1 cm³/mol. The Morgan fingerprint density at radius 1 is 1.27 bits per heavy atom. The number of piperidine rings is 1. The van der Waals surface area contributed by atoms with Crippen molar-refractivity contribution in [2.24, 2.45) is 20.0 Å². The highest BCUT2D eigenvalue weighted by Gasteiger charge is 2.48. The topological polar surface area (TPSA) is 85.1 Å². The number of imidazole rings is 1. The number of aromatic nitrogens is 4. The number of rotatable bonds is 4. The number of hydrogen-bond donors (Lipinski definition) is 1. The molecule has 8 heteroatoms. The number of nitrogens with zero attached hydrogens (tertiary/aromatic N) is 5. The fourth-order valence-corrected chi connectivity index (χ4v) is 3.79. The van der Waals surface area contributed by atoms with E-state index in [0.717, 1.165) is 24.4 Å². The largest absolute Gasteiger partial charge is 0.336 e. The van der Waals surface area contributed by atoms with Gasteiger partial charge in [-0.15, -0.1) is 0 Å². The van der Waals surface area contributed by atoms with Gasteiger partial charge in [0.05, 0.1) is 23.5 Å². The van der Waals surface area contributed by atoms with Crippen molar-refractivity contribution < 1.29 is 9.59 Å². The minimum Gasteiger partial charge on any atom is -0.336 e. The molecule has 2 aromatic rings. The van der Waals surface area contributed by atoms with Gasteiger partial charge >= 0.3 is 0 Å². The third-order valence-corrected chi connectivity index (χ3v) is 5.53. The summed E-state index contributed by atoms with van der Waals surface area (Å²) in [7, 11) is 3.75. The highest BCUT2D eigenvalue weighted by atomic mass is 16.2. The Bertz CT molecular complexity index is 850. The van der Waals surface area contributed by atoms with E-state index in [1.807, 2.05) is 36.7 Å². The second-order valence-electron chi connectivity index (χ2n) is 7.28. The summed E-state index contributed by atoms with van der Waals surface area (Å²) in [5.74, 6) is 0.497. The maximum absolute atomic E-state index is 13.1. The van der Waals surface area contributed by atoms with Crippen molar-refractivity contribution in [2.75, 3.05) is 5.32 Å². The van der Waals surface area contributed by atoms with Gasteiger partial charge in [-0.25, -0.2) is 4.98 Å². The molecule has 0 bridgehead atoms. The molecule has 1 aliphatic carbocycles. The van der Waals surface area contributed by atoms with Gasteiger partial charge in [0.15, 0.2) is 0 Å². The Morgan fingerprint density at radius 2 is 2.04 bits per heavy atom. The molecule has 3 heterocycles. The molecule has 1 saturated carbocycles. The maximum Gasteiger partial charge on any atom is 0.230 e. The minimum absolute atomic E-state index is 0.0766. The summed E-state index contributed by atoms with van der Waals surface area (Å²) in [5.41, 5.74) is 1.61. The molecule has 2 aliphatic rings. The van der Waals surface area contributed by atoms with Gasteiger partial charge in [-0.05, 0) is 26.2 Å². The molecule has 2 amide bonds. The van der Waals surface area contributed by atoms with Gasteiger partial charge in [-0.1, -0.05) is 0 Å². The number of hydrogen-bond acceptors (Lipinski definition) is 4. The number of nitrogens with one attached hydrogen (secondary N) is 1. The molecular weight excluding hydrogens is 332 g/mol. The van der Waals surface area contributed by atoms with Crippen molar-refractivity contribution >= 4 is 17.5 Å². The van der Waals surface area contributed by atoms with Crippen LogP contribution in [-0.4, -0.2) is 42.1 Å². The lowest BCUT2D eigenvalue weighted by Crippen LogP contribution is -2.48. The number of anilines is 1. The number of aryl methyl sites for hydroxylation is 2. The monoisotopic (exact) mass is 356 g/mol. The first-order valence-electron chi connectivity index (χ1n) is 9.05.